The monoisotopic (exact) mass is 442 g/mol. The molecule has 1 amide bonds. The van der Waals surface area contributed by atoms with E-state index in [-0.39, 0.29) is 11.4 Å². The Labute approximate surface area is 179 Å². The highest BCUT2D eigenvalue weighted by atomic mass is 32.2. The molecular formula is C21H22N4O5S. The number of hydroxylamine groups is 1. The molecule has 2 heterocycles. The average molecular weight is 442 g/mol. The van der Waals surface area contributed by atoms with E-state index in [0.717, 1.165) is 16.4 Å². The first kappa shape index (κ1) is 21.0. The number of amides is 1. The van der Waals surface area contributed by atoms with Crippen molar-refractivity contribution >= 4 is 15.9 Å². The van der Waals surface area contributed by atoms with Gasteiger partial charge in [0.1, 0.15) is 17.5 Å². The molecule has 31 heavy (non-hydrogen) atoms. The van der Waals surface area contributed by atoms with Crippen LogP contribution in [0.15, 0.2) is 72.1 Å². The van der Waals surface area contributed by atoms with Gasteiger partial charge in [0.15, 0.2) is 0 Å². The summed E-state index contributed by atoms with van der Waals surface area (Å²) in [5.41, 5.74) is 2.51. The minimum Gasteiger partial charge on any atom is -0.457 e. The predicted molar refractivity (Wildman–Crippen MR) is 112 cm³/mol. The number of hydrogen-bond donors (Lipinski definition) is 2. The van der Waals surface area contributed by atoms with Crippen LogP contribution in [-0.4, -0.2) is 46.0 Å². The predicted octanol–water partition coefficient (Wildman–Crippen LogP) is 2.71. The first-order chi connectivity index (χ1) is 15.0. The summed E-state index contributed by atoms with van der Waals surface area (Å²) in [6, 6.07) is 12.5. The van der Waals surface area contributed by atoms with Crippen LogP contribution in [0.1, 0.15) is 19.3 Å². The second-order valence-electron chi connectivity index (χ2n) is 7.14. The Kier molecular flexibility index (Phi) is 6.03. The van der Waals surface area contributed by atoms with Crippen molar-refractivity contribution in [1.82, 2.24) is 19.3 Å². The summed E-state index contributed by atoms with van der Waals surface area (Å²) in [5, 5.41) is 8.95. The van der Waals surface area contributed by atoms with Crippen LogP contribution in [0.3, 0.4) is 0 Å². The summed E-state index contributed by atoms with van der Waals surface area (Å²) >= 11 is 0. The molecule has 0 unspecified atom stereocenters. The Morgan fingerprint density at radius 3 is 2.35 bits per heavy atom. The third-order valence-corrected chi connectivity index (χ3v) is 7.09. The maximum absolute atomic E-state index is 13.1. The summed E-state index contributed by atoms with van der Waals surface area (Å²) in [5.74, 6) is 0.371. The fourth-order valence-electron chi connectivity index (χ4n) is 3.58. The molecule has 0 radical (unpaired) electrons. The first-order valence-corrected chi connectivity index (χ1v) is 11.2. The number of hydrogen-bond acceptors (Lipinski definition) is 6. The molecule has 1 atom stereocenters. The van der Waals surface area contributed by atoms with Gasteiger partial charge < -0.3 is 9.30 Å². The first-order valence-electron chi connectivity index (χ1n) is 9.81. The van der Waals surface area contributed by atoms with Crippen LogP contribution in [0.5, 0.6) is 11.5 Å². The van der Waals surface area contributed by atoms with E-state index in [2.05, 4.69) is 4.98 Å². The number of sulfonamides is 1. The lowest BCUT2D eigenvalue weighted by Crippen LogP contribution is -2.51. The molecule has 4 rings (SSSR count). The third kappa shape index (κ3) is 4.46. The van der Waals surface area contributed by atoms with Crippen LogP contribution in [-0.2, 0) is 14.8 Å². The largest absolute Gasteiger partial charge is 0.457 e. The zero-order valence-corrected chi connectivity index (χ0v) is 17.4. The molecule has 1 aliphatic rings. The molecule has 162 valence electrons. The average Bonchev–Trinajstić information content (AvgIpc) is 3.34. The summed E-state index contributed by atoms with van der Waals surface area (Å²) in [6.07, 6.45) is 6.98. The molecule has 2 aromatic carbocycles. The van der Waals surface area contributed by atoms with E-state index in [0.29, 0.717) is 24.3 Å². The Hall–Kier alpha value is -3.21. The summed E-state index contributed by atoms with van der Waals surface area (Å²) in [6.45, 7) is 0.224. The van der Waals surface area contributed by atoms with Gasteiger partial charge in [0.25, 0.3) is 5.91 Å². The van der Waals surface area contributed by atoms with E-state index >= 15 is 0 Å². The molecular weight excluding hydrogens is 420 g/mol. The molecule has 0 spiro atoms. The second kappa shape index (κ2) is 8.88. The van der Waals surface area contributed by atoms with Gasteiger partial charge in [-0.3, -0.25) is 10.0 Å². The Morgan fingerprint density at radius 2 is 1.74 bits per heavy atom. The quantitative estimate of drug-likeness (QED) is 0.448. The molecule has 1 fully saturated rings. The van der Waals surface area contributed by atoms with Gasteiger partial charge in [-0.25, -0.2) is 18.9 Å². The van der Waals surface area contributed by atoms with Gasteiger partial charge in [-0.05, 0) is 61.4 Å². The van der Waals surface area contributed by atoms with Crippen LogP contribution >= 0.6 is 0 Å². The van der Waals surface area contributed by atoms with Gasteiger partial charge in [0, 0.05) is 24.6 Å². The van der Waals surface area contributed by atoms with E-state index in [1.54, 1.807) is 30.1 Å². The summed E-state index contributed by atoms with van der Waals surface area (Å²) < 4.78 is 34.9. The van der Waals surface area contributed by atoms with Crippen molar-refractivity contribution in [2.45, 2.75) is 30.2 Å². The molecule has 0 bridgehead atoms. The zero-order valence-electron chi connectivity index (χ0n) is 16.6. The van der Waals surface area contributed by atoms with Crippen molar-refractivity contribution in [3.05, 3.63) is 67.3 Å². The van der Waals surface area contributed by atoms with Crippen molar-refractivity contribution in [2.75, 3.05) is 6.54 Å². The molecule has 9 nitrogen and oxygen atoms in total. The van der Waals surface area contributed by atoms with Crippen LogP contribution < -0.4 is 10.2 Å². The molecule has 10 heteroatoms. The van der Waals surface area contributed by atoms with E-state index < -0.39 is 22.0 Å². The Bertz CT molecular complexity index is 1130. The maximum atomic E-state index is 13.1. The van der Waals surface area contributed by atoms with Gasteiger partial charge in [0.05, 0.1) is 11.2 Å². The normalized spacial score (nSPS) is 17.3. The minimum absolute atomic E-state index is 0.0629. The van der Waals surface area contributed by atoms with E-state index in [4.69, 9.17) is 9.94 Å². The van der Waals surface area contributed by atoms with Gasteiger partial charge in [-0.2, -0.15) is 4.31 Å². The Balaban J connectivity index is 1.49. The zero-order chi connectivity index (χ0) is 21.8. The number of rotatable bonds is 6. The highest BCUT2D eigenvalue weighted by molar-refractivity contribution is 7.89. The molecule has 2 N–H and O–H groups in total. The number of carbonyl (C=O) groups excluding carboxylic acids is 1. The fraction of sp³-hybridized carbons (Fsp3) is 0.238. The SMILES string of the molecule is O=C(NO)[C@H]1CCCCN1S(=O)(=O)c1ccc(Oc2ccc(-n3ccnc3)cc2)cc1. The number of nitrogens with one attached hydrogen (secondary N) is 1. The fourth-order valence-corrected chi connectivity index (χ4v) is 5.23. The van der Waals surface area contributed by atoms with Crippen LogP contribution in [0.25, 0.3) is 5.69 Å². The van der Waals surface area contributed by atoms with Gasteiger partial charge in [0.2, 0.25) is 10.0 Å². The second-order valence-corrected chi connectivity index (χ2v) is 9.03. The van der Waals surface area contributed by atoms with Crippen LogP contribution in [0.4, 0.5) is 0 Å². The number of imidazole rings is 1. The van der Waals surface area contributed by atoms with Crippen LogP contribution in [0, 0.1) is 0 Å². The number of nitrogens with zero attached hydrogens (tertiary/aromatic N) is 3. The van der Waals surface area contributed by atoms with Crippen molar-refractivity contribution in [3.8, 4) is 17.2 Å². The van der Waals surface area contributed by atoms with Crippen molar-refractivity contribution < 1.29 is 23.2 Å². The van der Waals surface area contributed by atoms with Crippen molar-refractivity contribution in [1.29, 1.82) is 0 Å². The van der Waals surface area contributed by atoms with E-state index in [1.165, 1.54) is 12.1 Å². The lowest BCUT2D eigenvalue weighted by atomic mass is 10.0. The van der Waals surface area contributed by atoms with Crippen molar-refractivity contribution in [3.63, 3.8) is 0 Å². The smallest absolute Gasteiger partial charge is 0.261 e. The van der Waals surface area contributed by atoms with Gasteiger partial charge in [-0.15, -0.1) is 0 Å². The van der Waals surface area contributed by atoms with E-state index in [9.17, 15) is 13.2 Å². The number of aromatic nitrogens is 2. The number of ether oxygens (including phenoxy) is 1. The molecule has 0 saturated carbocycles. The topological polar surface area (TPSA) is 114 Å². The lowest BCUT2D eigenvalue weighted by molar-refractivity contribution is -0.134. The molecule has 1 saturated heterocycles. The summed E-state index contributed by atoms with van der Waals surface area (Å²) in [4.78, 5) is 16.0. The lowest BCUT2D eigenvalue weighted by Gasteiger charge is -2.33. The standard InChI is InChI=1S/C21H22N4O5S/c26-21(23-27)20-3-1-2-13-25(20)31(28,29)19-10-8-18(9-11-19)30-17-6-4-16(5-7-17)24-14-12-22-15-24/h4-12,14-15,20,27H,1-3,13H2,(H,23,26)/t20-/m1/s1. The summed E-state index contributed by atoms with van der Waals surface area (Å²) in [7, 11) is -3.89. The molecule has 0 aliphatic carbocycles. The minimum atomic E-state index is -3.89. The van der Waals surface area contributed by atoms with E-state index in [1.807, 2.05) is 35.0 Å². The van der Waals surface area contributed by atoms with Crippen molar-refractivity contribution in [2.24, 2.45) is 0 Å². The number of benzene rings is 2. The maximum Gasteiger partial charge on any atom is 0.261 e. The third-order valence-electron chi connectivity index (χ3n) is 5.17. The Morgan fingerprint density at radius 1 is 1.06 bits per heavy atom. The van der Waals surface area contributed by atoms with Crippen LogP contribution in [0.2, 0.25) is 0 Å². The van der Waals surface area contributed by atoms with Gasteiger partial charge >= 0.3 is 0 Å². The number of carbonyl (C=O) groups is 1. The van der Waals surface area contributed by atoms with Gasteiger partial charge in [-0.1, -0.05) is 6.42 Å². The highest BCUT2D eigenvalue weighted by Gasteiger charge is 2.37. The molecule has 1 aromatic heterocycles. The highest BCUT2D eigenvalue weighted by Crippen LogP contribution is 2.28. The molecule has 1 aliphatic heterocycles. The molecule has 3 aromatic rings. The number of piperidine rings is 1.